The molecule has 1 amide bonds. The Bertz CT molecular complexity index is 1580. The number of benzene rings is 2. The van der Waals surface area contributed by atoms with Crippen LogP contribution in [-0.2, 0) is 26.3 Å². The number of anilines is 1. The van der Waals surface area contributed by atoms with Crippen LogP contribution in [0, 0.1) is 5.92 Å². The Kier molecular flexibility index (Phi) is 7.71. The summed E-state index contributed by atoms with van der Waals surface area (Å²) < 4.78 is 42.7. The maximum Gasteiger partial charge on any atom is 0.264 e. The van der Waals surface area contributed by atoms with Crippen molar-refractivity contribution in [3.05, 3.63) is 69.4 Å². The standard InChI is InChI=1S/C29H28Cl2N2O7S/c30-22-3-1-4-23(31)26(22)27-21(28(40-32-27)17-6-7-17)15-39-25-14-19-13-20(25)29(35)33(19)18-10-8-16(9-11-18)24(34)5-2-12-41(36,37)38/h1,3-4,8-11,17,19-20,25H,2,5-7,12-15H2,(H,36,37,38)/t19-,20+,25+/m0/s1. The molecule has 9 nitrogen and oxygen atoms in total. The summed E-state index contributed by atoms with van der Waals surface area (Å²) in [6, 6.07) is 12.0. The molecule has 1 aliphatic heterocycles. The van der Waals surface area contributed by atoms with E-state index in [0.717, 1.165) is 24.2 Å². The maximum absolute atomic E-state index is 13.4. The van der Waals surface area contributed by atoms with Crippen LogP contribution in [0.4, 0.5) is 5.69 Å². The van der Waals surface area contributed by atoms with Gasteiger partial charge in [0, 0.05) is 40.8 Å². The number of Topliss-reactive ketones (excluding diaryl/α,β-unsaturated/α-hetero) is 1. The first-order chi connectivity index (χ1) is 19.6. The molecular formula is C29H28Cl2N2O7S. The monoisotopic (exact) mass is 618 g/mol. The third-order valence-electron chi connectivity index (χ3n) is 8.08. The molecule has 2 aliphatic carbocycles. The molecule has 2 heterocycles. The predicted octanol–water partition coefficient (Wildman–Crippen LogP) is 6.09. The number of aromatic nitrogens is 1. The molecule has 0 unspecified atom stereocenters. The number of halogens is 2. The maximum atomic E-state index is 13.4. The van der Waals surface area contributed by atoms with Gasteiger partial charge in [0.2, 0.25) is 5.91 Å². The summed E-state index contributed by atoms with van der Waals surface area (Å²) in [5.74, 6) is 0.114. The number of carbonyl (C=O) groups is 2. The lowest BCUT2D eigenvalue weighted by Gasteiger charge is -2.31. The molecule has 3 fully saturated rings. The van der Waals surface area contributed by atoms with E-state index in [9.17, 15) is 18.0 Å². The van der Waals surface area contributed by atoms with E-state index in [1.165, 1.54) is 0 Å². The first kappa shape index (κ1) is 28.4. The molecule has 3 aromatic rings. The van der Waals surface area contributed by atoms with Gasteiger partial charge in [0.25, 0.3) is 10.1 Å². The average Bonchev–Trinajstić information content (AvgIpc) is 3.43. The van der Waals surface area contributed by atoms with Crippen molar-refractivity contribution in [3.8, 4) is 11.3 Å². The molecule has 1 N–H and O–H groups in total. The second-order valence-corrected chi connectivity index (χ2v) is 13.3. The largest absolute Gasteiger partial charge is 0.372 e. The minimum atomic E-state index is -4.10. The van der Waals surface area contributed by atoms with E-state index in [-0.39, 0.29) is 49.2 Å². The number of ketones is 1. The topological polar surface area (TPSA) is 127 Å². The summed E-state index contributed by atoms with van der Waals surface area (Å²) >= 11 is 12.9. The van der Waals surface area contributed by atoms with E-state index in [1.807, 2.05) is 0 Å². The molecule has 2 bridgehead atoms. The fraction of sp³-hybridized carbons (Fsp3) is 0.414. The summed E-state index contributed by atoms with van der Waals surface area (Å²) in [6.07, 6.45) is 3.21. The summed E-state index contributed by atoms with van der Waals surface area (Å²) in [5.41, 5.74) is 3.15. The number of fused-ring (bicyclic) bond motifs is 2. The van der Waals surface area contributed by atoms with E-state index >= 15 is 0 Å². The van der Waals surface area contributed by atoms with E-state index < -0.39 is 15.9 Å². The van der Waals surface area contributed by atoms with Crippen LogP contribution in [0.25, 0.3) is 11.3 Å². The van der Waals surface area contributed by atoms with Crippen LogP contribution in [0.3, 0.4) is 0 Å². The highest BCUT2D eigenvalue weighted by atomic mass is 35.5. The Labute approximate surface area is 247 Å². The van der Waals surface area contributed by atoms with Crippen LogP contribution in [0.5, 0.6) is 0 Å². The van der Waals surface area contributed by atoms with Gasteiger partial charge in [-0.05, 0) is 68.5 Å². The molecule has 2 saturated carbocycles. The minimum absolute atomic E-state index is 0.00450. The Hall–Kier alpha value is -2.76. The first-order valence-corrected chi connectivity index (χ1v) is 15.9. The lowest BCUT2D eigenvalue weighted by molar-refractivity contribution is -0.126. The molecule has 1 aromatic heterocycles. The second-order valence-electron chi connectivity index (χ2n) is 10.9. The Balaban J connectivity index is 1.12. The fourth-order valence-electron chi connectivity index (χ4n) is 5.93. The molecular weight excluding hydrogens is 591 g/mol. The number of carbonyl (C=O) groups excluding carboxylic acids is 2. The van der Waals surface area contributed by atoms with Crippen LogP contribution in [0.1, 0.15) is 66.1 Å². The van der Waals surface area contributed by atoms with Gasteiger partial charge in [0.15, 0.2) is 5.78 Å². The van der Waals surface area contributed by atoms with Crippen LogP contribution >= 0.6 is 23.2 Å². The summed E-state index contributed by atoms with van der Waals surface area (Å²) in [5, 5.41) is 5.27. The zero-order valence-electron chi connectivity index (χ0n) is 22.0. The van der Waals surface area contributed by atoms with Gasteiger partial charge in [0.05, 0.1) is 34.4 Å². The van der Waals surface area contributed by atoms with Crippen LogP contribution in [0.15, 0.2) is 47.0 Å². The van der Waals surface area contributed by atoms with Gasteiger partial charge in [-0.25, -0.2) is 0 Å². The van der Waals surface area contributed by atoms with Crippen LogP contribution in [-0.4, -0.2) is 47.7 Å². The smallest absolute Gasteiger partial charge is 0.264 e. The third-order valence-corrected chi connectivity index (χ3v) is 9.52. The van der Waals surface area contributed by atoms with Crippen molar-refractivity contribution in [1.29, 1.82) is 0 Å². The van der Waals surface area contributed by atoms with Gasteiger partial charge in [-0.1, -0.05) is 34.4 Å². The van der Waals surface area contributed by atoms with E-state index in [2.05, 4.69) is 5.16 Å². The number of amides is 1. The molecule has 0 radical (unpaired) electrons. The Morgan fingerprint density at radius 2 is 1.80 bits per heavy atom. The van der Waals surface area contributed by atoms with Crippen molar-refractivity contribution >= 4 is 50.7 Å². The van der Waals surface area contributed by atoms with E-state index in [4.69, 9.17) is 37.0 Å². The molecule has 41 heavy (non-hydrogen) atoms. The van der Waals surface area contributed by atoms with E-state index in [0.29, 0.717) is 51.3 Å². The highest BCUT2D eigenvalue weighted by Crippen LogP contribution is 2.47. The molecule has 3 aliphatic rings. The highest BCUT2D eigenvalue weighted by Gasteiger charge is 2.52. The number of hydrogen-bond donors (Lipinski definition) is 1. The first-order valence-electron chi connectivity index (χ1n) is 13.6. The quantitative estimate of drug-likeness (QED) is 0.202. The van der Waals surface area contributed by atoms with Crippen molar-refractivity contribution in [1.82, 2.24) is 5.16 Å². The zero-order chi connectivity index (χ0) is 28.9. The van der Waals surface area contributed by atoms with Crippen LogP contribution < -0.4 is 4.90 Å². The number of hydrogen-bond acceptors (Lipinski definition) is 7. The van der Waals surface area contributed by atoms with Gasteiger partial charge >= 0.3 is 0 Å². The van der Waals surface area contributed by atoms with Gasteiger partial charge in [0.1, 0.15) is 11.5 Å². The van der Waals surface area contributed by atoms with Crippen molar-refractivity contribution in [3.63, 3.8) is 0 Å². The van der Waals surface area contributed by atoms with Gasteiger partial charge in [-0.3, -0.25) is 14.1 Å². The second kappa shape index (κ2) is 11.1. The van der Waals surface area contributed by atoms with Crippen LogP contribution in [0.2, 0.25) is 10.0 Å². The summed E-state index contributed by atoms with van der Waals surface area (Å²) in [6.45, 7) is 0.238. The lowest BCUT2D eigenvalue weighted by atomic mass is 10.0. The number of nitrogens with zero attached hydrogens (tertiary/aromatic N) is 2. The SMILES string of the molecule is O=C(CCCS(=O)(=O)O)c1ccc(N2C(=O)[C@@H]3C[C@H]2C[C@H]3OCc2c(-c3c(Cl)cccc3Cl)noc2C2CC2)cc1. The molecule has 216 valence electrons. The van der Waals surface area contributed by atoms with E-state index in [1.54, 1.807) is 47.4 Å². The summed E-state index contributed by atoms with van der Waals surface area (Å²) in [4.78, 5) is 27.6. The van der Waals surface area contributed by atoms with Crippen molar-refractivity contribution in [2.45, 2.75) is 63.2 Å². The van der Waals surface area contributed by atoms with Gasteiger partial charge < -0.3 is 14.2 Å². The lowest BCUT2D eigenvalue weighted by Crippen LogP contribution is -2.43. The van der Waals surface area contributed by atoms with Crippen molar-refractivity contribution in [2.75, 3.05) is 10.7 Å². The van der Waals surface area contributed by atoms with Gasteiger partial charge in [-0.15, -0.1) is 0 Å². The molecule has 2 aromatic carbocycles. The van der Waals surface area contributed by atoms with Gasteiger partial charge in [-0.2, -0.15) is 8.42 Å². The molecule has 6 rings (SSSR count). The molecule has 1 saturated heterocycles. The molecule has 0 spiro atoms. The zero-order valence-corrected chi connectivity index (χ0v) is 24.3. The number of piperidine rings is 1. The Morgan fingerprint density at radius 3 is 2.44 bits per heavy atom. The van der Waals surface area contributed by atoms with Crippen molar-refractivity contribution in [2.24, 2.45) is 5.92 Å². The molecule has 3 atom stereocenters. The summed E-state index contributed by atoms with van der Waals surface area (Å²) in [7, 11) is -4.10. The number of ether oxygens (including phenoxy) is 1. The van der Waals surface area contributed by atoms with Crippen molar-refractivity contribution < 1.29 is 31.8 Å². The third kappa shape index (κ3) is 5.81. The minimum Gasteiger partial charge on any atom is -0.372 e. The fourth-order valence-corrected chi connectivity index (χ4v) is 7.02. The Morgan fingerprint density at radius 1 is 1.10 bits per heavy atom. The average molecular weight is 620 g/mol. The highest BCUT2D eigenvalue weighted by molar-refractivity contribution is 7.85. The molecule has 12 heteroatoms. The number of rotatable bonds is 11. The predicted molar refractivity (Wildman–Crippen MR) is 153 cm³/mol. The normalized spacial score (nSPS) is 22.1.